The molecule has 0 radical (unpaired) electrons. The molecule has 0 amide bonds. The molecule has 5 heteroatoms. The van der Waals surface area contributed by atoms with Crippen molar-refractivity contribution in [2.45, 2.75) is 31.2 Å². The first-order valence-corrected chi connectivity index (χ1v) is 5.47. The van der Waals surface area contributed by atoms with Gasteiger partial charge in [-0.25, -0.2) is 0 Å². The van der Waals surface area contributed by atoms with Crippen LogP contribution in [0.25, 0.3) is 11.6 Å². The fraction of sp³-hybridized carbons (Fsp3) is 0.455. The van der Waals surface area contributed by atoms with Crippen LogP contribution in [-0.4, -0.2) is 16.2 Å². The van der Waals surface area contributed by atoms with Gasteiger partial charge in [0.2, 0.25) is 11.7 Å². The van der Waals surface area contributed by atoms with Crippen molar-refractivity contribution in [3.8, 4) is 11.6 Å². The maximum atomic E-state index is 5.99. The topological polar surface area (TPSA) is 78.1 Å². The quantitative estimate of drug-likeness (QED) is 0.834. The van der Waals surface area contributed by atoms with E-state index in [4.69, 9.17) is 14.7 Å². The number of nitrogens with two attached hydrogens (primary N) is 1. The lowest BCUT2D eigenvalue weighted by Gasteiger charge is -2.08. The number of hydrogen-bond acceptors (Lipinski definition) is 5. The molecule has 84 valence electrons. The van der Waals surface area contributed by atoms with E-state index in [1.54, 1.807) is 12.3 Å². The Kier molecular flexibility index (Phi) is 2.25. The van der Waals surface area contributed by atoms with E-state index in [0.29, 0.717) is 17.5 Å². The van der Waals surface area contributed by atoms with Gasteiger partial charge in [0.15, 0.2) is 5.76 Å². The molecule has 1 aliphatic rings. The zero-order chi connectivity index (χ0) is 11.0. The van der Waals surface area contributed by atoms with Gasteiger partial charge in [0.1, 0.15) is 0 Å². The van der Waals surface area contributed by atoms with Gasteiger partial charge in [-0.3, -0.25) is 0 Å². The van der Waals surface area contributed by atoms with Crippen LogP contribution in [0.1, 0.15) is 31.1 Å². The molecule has 1 saturated carbocycles. The summed E-state index contributed by atoms with van der Waals surface area (Å²) in [6.07, 6.45) is 4.78. The Hall–Kier alpha value is -1.62. The maximum Gasteiger partial charge on any atom is 0.238 e. The van der Waals surface area contributed by atoms with E-state index < -0.39 is 0 Å². The number of furan rings is 1. The third-order valence-corrected chi connectivity index (χ3v) is 3.07. The minimum atomic E-state index is 0.143. The molecule has 3 rings (SSSR count). The largest absolute Gasteiger partial charge is 0.461 e. The second kappa shape index (κ2) is 3.75. The summed E-state index contributed by atoms with van der Waals surface area (Å²) in [6.45, 7) is 0. The number of hydrogen-bond donors (Lipinski definition) is 1. The standard InChI is InChI=1S/C11H13N3O2/c12-8-4-1-3-7(8)11-13-10(14-16-11)9-5-2-6-15-9/h2,5-8H,1,3-4,12H2/t7-,8-/m1/s1. The van der Waals surface area contributed by atoms with Crippen LogP contribution in [0.2, 0.25) is 0 Å². The molecule has 2 aromatic rings. The third-order valence-electron chi connectivity index (χ3n) is 3.07. The molecule has 16 heavy (non-hydrogen) atoms. The third kappa shape index (κ3) is 1.53. The predicted octanol–water partition coefficient (Wildman–Crippen LogP) is 1.92. The van der Waals surface area contributed by atoms with Crippen molar-refractivity contribution >= 4 is 0 Å². The van der Waals surface area contributed by atoms with Crippen molar-refractivity contribution in [3.63, 3.8) is 0 Å². The molecule has 0 bridgehead atoms. The summed E-state index contributed by atoms with van der Waals surface area (Å²) in [5.41, 5.74) is 5.99. The Bertz CT molecular complexity index is 463. The van der Waals surface area contributed by atoms with Crippen molar-refractivity contribution < 1.29 is 8.94 Å². The highest BCUT2D eigenvalue weighted by atomic mass is 16.5. The summed E-state index contributed by atoms with van der Waals surface area (Å²) in [5.74, 6) is 1.97. The Balaban J connectivity index is 1.88. The highest BCUT2D eigenvalue weighted by Crippen LogP contribution is 2.33. The van der Waals surface area contributed by atoms with Gasteiger partial charge in [-0.15, -0.1) is 0 Å². The van der Waals surface area contributed by atoms with Crippen LogP contribution in [0.5, 0.6) is 0 Å². The summed E-state index contributed by atoms with van der Waals surface area (Å²) >= 11 is 0. The minimum absolute atomic E-state index is 0.143. The molecule has 2 heterocycles. The van der Waals surface area contributed by atoms with E-state index in [1.165, 1.54) is 0 Å². The molecule has 1 fully saturated rings. The fourth-order valence-corrected chi connectivity index (χ4v) is 2.19. The van der Waals surface area contributed by atoms with Crippen molar-refractivity contribution in [1.82, 2.24) is 10.1 Å². The van der Waals surface area contributed by atoms with Crippen molar-refractivity contribution in [3.05, 3.63) is 24.3 Å². The zero-order valence-electron chi connectivity index (χ0n) is 8.80. The molecular weight excluding hydrogens is 206 g/mol. The van der Waals surface area contributed by atoms with Gasteiger partial charge in [0.25, 0.3) is 0 Å². The predicted molar refractivity (Wildman–Crippen MR) is 56.6 cm³/mol. The van der Waals surface area contributed by atoms with Crippen LogP contribution in [0.4, 0.5) is 0 Å². The van der Waals surface area contributed by atoms with Crippen LogP contribution < -0.4 is 5.73 Å². The number of nitrogens with zero attached hydrogens (tertiary/aromatic N) is 2. The Morgan fingerprint density at radius 1 is 1.38 bits per heavy atom. The van der Waals surface area contributed by atoms with Crippen LogP contribution in [-0.2, 0) is 0 Å². The monoisotopic (exact) mass is 219 g/mol. The van der Waals surface area contributed by atoms with Crippen molar-refractivity contribution in [2.24, 2.45) is 5.73 Å². The average Bonchev–Trinajstić information content (AvgIpc) is 2.96. The smallest absolute Gasteiger partial charge is 0.238 e. The van der Waals surface area contributed by atoms with E-state index in [2.05, 4.69) is 10.1 Å². The van der Waals surface area contributed by atoms with Gasteiger partial charge in [-0.1, -0.05) is 11.6 Å². The summed E-state index contributed by atoms with van der Waals surface area (Å²) < 4.78 is 10.4. The maximum absolute atomic E-state index is 5.99. The number of aromatic nitrogens is 2. The lowest BCUT2D eigenvalue weighted by Crippen LogP contribution is -2.22. The molecule has 2 aromatic heterocycles. The van der Waals surface area contributed by atoms with E-state index in [9.17, 15) is 0 Å². The molecular formula is C11H13N3O2. The first-order chi connectivity index (χ1) is 7.84. The van der Waals surface area contributed by atoms with E-state index in [0.717, 1.165) is 19.3 Å². The molecule has 0 spiro atoms. The van der Waals surface area contributed by atoms with Crippen LogP contribution in [0, 0.1) is 0 Å². The fourth-order valence-electron chi connectivity index (χ4n) is 2.19. The lowest BCUT2D eigenvalue weighted by molar-refractivity contribution is 0.344. The molecule has 1 aliphatic carbocycles. The van der Waals surface area contributed by atoms with Crippen LogP contribution >= 0.6 is 0 Å². The van der Waals surface area contributed by atoms with Gasteiger partial charge in [-0.2, -0.15) is 4.98 Å². The molecule has 0 saturated heterocycles. The second-order valence-electron chi connectivity index (χ2n) is 4.13. The first kappa shape index (κ1) is 9.59. The second-order valence-corrected chi connectivity index (χ2v) is 4.13. The molecule has 2 N–H and O–H groups in total. The van der Waals surface area contributed by atoms with Gasteiger partial charge >= 0.3 is 0 Å². The van der Waals surface area contributed by atoms with E-state index in [-0.39, 0.29) is 12.0 Å². The Morgan fingerprint density at radius 2 is 2.31 bits per heavy atom. The van der Waals surface area contributed by atoms with Crippen LogP contribution in [0.3, 0.4) is 0 Å². The average molecular weight is 219 g/mol. The highest BCUT2D eigenvalue weighted by Gasteiger charge is 2.30. The van der Waals surface area contributed by atoms with E-state index >= 15 is 0 Å². The summed E-state index contributed by atoms with van der Waals surface area (Å²) in [7, 11) is 0. The normalized spacial score (nSPS) is 25.1. The van der Waals surface area contributed by atoms with Gasteiger partial charge in [0, 0.05) is 6.04 Å². The van der Waals surface area contributed by atoms with Crippen molar-refractivity contribution in [2.75, 3.05) is 0 Å². The molecule has 5 nitrogen and oxygen atoms in total. The SMILES string of the molecule is N[C@@H]1CCC[C@H]1c1nc(-c2ccco2)no1. The molecule has 2 atom stereocenters. The lowest BCUT2D eigenvalue weighted by atomic mass is 10.1. The van der Waals surface area contributed by atoms with Gasteiger partial charge < -0.3 is 14.7 Å². The Labute approximate surface area is 92.6 Å². The molecule has 0 aliphatic heterocycles. The van der Waals surface area contributed by atoms with Crippen molar-refractivity contribution in [1.29, 1.82) is 0 Å². The van der Waals surface area contributed by atoms with E-state index in [1.807, 2.05) is 6.07 Å². The summed E-state index contributed by atoms with van der Waals surface area (Å²) in [6, 6.07) is 3.75. The van der Waals surface area contributed by atoms with Crippen LogP contribution in [0.15, 0.2) is 27.3 Å². The zero-order valence-corrected chi connectivity index (χ0v) is 8.80. The van der Waals surface area contributed by atoms with Gasteiger partial charge in [-0.05, 0) is 25.0 Å². The highest BCUT2D eigenvalue weighted by molar-refractivity contribution is 5.44. The molecule has 0 unspecified atom stereocenters. The molecule has 0 aromatic carbocycles. The minimum Gasteiger partial charge on any atom is -0.461 e. The Morgan fingerprint density at radius 3 is 3.00 bits per heavy atom. The summed E-state index contributed by atoms with van der Waals surface area (Å²) in [4.78, 5) is 4.33. The summed E-state index contributed by atoms with van der Waals surface area (Å²) in [5, 5.41) is 3.90. The van der Waals surface area contributed by atoms with Gasteiger partial charge in [0.05, 0.1) is 12.2 Å². The number of rotatable bonds is 2. The first-order valence-electron chi connectivity index (χ1n) is 5.47.